The van der Waals surface area contributed by atoms with Gasteiger partial charge in [0.2, 0.25) is 17.7 Å². The van der Waals surface area contributed by atoms with E-state index in [0.717, 1.165) is 5.56 Å². The highest BCUT2D eigenvalue weighted by molar-refractivity contribution is 6.43. The minimum atomic E-state index is -0.347. The minimum Gasteiger partial charge on any atom is -0.425 e. The van der Waals surface area contributed by atoms with Gasteiger partial charge >= 0.3 is 0 Å². The van der Waals surface area contributed by atoms with Crippen LogP contribution >= 0.6 is 23.2 Å². The van der Waals surface area contributed by atoms with Crippen LogP contribution in [0, 0.1) is 6.92 Å². The topological polar surface area (TPSA) is 68.0 Å². The number of benzene rings is 2. The molecule has 1 atom stereocenters. The first-order chi connectivity index (χ1) is 12.0. The molecule has 0 saturated heterocycles. The minimum absolute atomic E-state index is 0.133. The molecule has 0 fully saturated rings. The average molecular weight is 376 g/mol. The smallest absolute Gasteiger partial charge is 0.225 e. The van der Waals surface area contributed by atoms with Gasteiger partial charge in [-0.2, -0.15) is 0 Å². The van der Waals surface area contributed by atoms with E-state index in [1.165, 1.54) is 0 Å². The van der Waals surface area contributed by atoms with Crippen LogP contribution in [0.5, 0.6) is 0 Å². The lowest BCUT2D eigenvalue weighted by Crippen LogP contribution is -2.17. The van der Waals surface area contributed by atoms with Crippen LogP contribution in [-0.4, -0.2) is 16.1 Å². The summed E-state index contributed by atoms with van der Waals surface area (Å²) in [5.74, 6) is 0.277. The normalized spacial score (nSPS) is 12.0. The first-order valence-electron chi connectivity index (χ1n) is 7.63. The first kappa shape index (κ1) is 17.5. The van der Waals surface area contributed by atoms with E-state index in [-0.39, 0.29) is 18.2 Å². The van der Waals surface area contributed by atoms with Crippen LogP contribution in [0.4, 0.5) is 5.69 Å². The summed E-state index contributed by atoms with van der Waals surface area (Å²) >= 11 is 12.1. The molecule has 1 unspecified atom stereocenters. The van der Waals surface area contributed by atoms with E-state index in [1.807, 2.05) is 30.3 Å². The molecule has 0 aliphatic rings. The fourth-order valence-corrected chi connectivity index (χ4v) is 2.82. The summed E-state index contributed by atoms with van der Waals surface area (Å²) in [4.78, 5) is 12.5. The third-order valence-corrected chi connectivity index (χ3v) is 4.48. The van der Waals surface area contributed by atoms with Crippen LogP contribution in [0.25, 0.3) is 0 Å². The average Bonchev–Trinajstić information content (AvgIpc) is 3.04. The number of anilines is 1. The zero-order valence-corrected chi connectivity index (χ0v) is 14.9. The van der Waals surface area contributed by atoms with Gasteiger partial charge in [0.25, 0.3) is 0 Å². The summed E-state index contributed by atoms with van der Waals surface area (Å²) in [6, 6.07) is 14.6. The van der Waals surface area contributed by atoms with E-state index in [0.29, 0.717) is 27.5 Å². The van der Waals surface area contributed by atoms with E-state index in [4.69, 9.17) is 27.6 Å². The predicted octanol–water partition coefficient (Wildman–Crippen LogP) is 4.85. The molecule has 25 heavy (non-hydrogen) atoms. The number of amides is 1. The van der Waals surface area contributed by atoms with Crippen molar-refractivity contribution in [1.82, 2.24) is 10.2 Å². The SMILES string of the molecule is Cc1nnc(C(CC(=O)Nc2cccc(Cl)c2Cl)c2ccccc2)o1. The summed E-state index contributed by atoms with van der Waals surface area (Å²) in [5.41, 5.74) is 1.38. The standard InChI is InChI=1S/C18H15Cl2N3O2/c1-11-22-23-18(25-11)13(12-6-3-2-4-7-12)10-16(24)21-15-9-5-8-14(19)17(15)20/h2-9,13H,10H2,1H3,(H,21,24). The van der Waals surface area contributed by atoms with Crippen LogP contribution in [0.1, 0.15) is 29.7 Å². The van der Waals surface area contributed by atoms with E-state index in [1.54, 1.807) is 25.1 Å². The zero-order valence-electron chi connectivity index (χ0n) is 13.4. The van der Waals surface area contributed by atoms with Crippen LogP contribution in [0.3, 0.4) is 0 Å². The lowest BCUT2D eigenvalue weighted by atomic mass is 9.95. The number of nitrogens with zero attached hydrogens (tertiary/aromatic N) is 2. The van der Waals surface area contributed by atoms with Crippen molar-refractivity contribution in [3.8, 4) is 0 Å². The number of hydrogen-bond acceptors (Lipinski definition) is 4. The van der Waals surface area contributed by atoms with Gasteiger partial charge in [-0.15, -0.1) is 10.2 Å². The molecule has 0 bridgehead atoms. The molecule has 0 aliphatic heterocycles. The number of halogens is 2. The van der Waals surface area contributed by atoms with Crippen molar-refractivity contribution >= 4 is 34.8 Å². The van der Waals surface area contributed by atoms with Gasteiger partial charge in [0.15, 0.2) is 0 Å². The van der Waals surface area contributed by atoms with Crippen molar-refractivity contribution in [2.75, 3.05) is 5.32 Å². The summed E-state index contributed by atoms with van der Waals surface area (Å²) in [7, 11) is 0. The van der Waals surface area contributed by atoms with E-state index in [9.17, 15) is 4.79 Å². The fourth-order valence-electron chi connectivity index (χ4n) is 2.47. The third kappa shape index (κ3) is 4.18. The second kappa shape index (κ2) is 7.68. The number of nitrogens with one attached hydrogen (secondary N) is 1. The van der Waals surface area contributed by atoms with Gasteiger partial charge < -0.3 is 9.73 Å². The Kier molecular flexibility index (Phi) is 5.36. The Morgan fingerprint density at radius 3 is 2.56 bits per heavy atom. The number of aromatic nitrogens is 2. The highest BCUT2D eigenvalue weighted by Gasteiger charge is 2.24. The molecule has 1 amide bonds. The highest BCUT2D eigenvalue weighted by Crippen LogP contribution is 2.31. The van der Waals surface area contributed by atoms with Gasteiger partial charge in [0, 0.05) is 13.3 Å². The van der Waals surface area contributed by atoms with Crippen LogP contribution in [0.2, 0.25) is 10.0 Å². The molecule has 1 heterocycles. The second-order valence-corrected chi connectivity index (χ2v) is 6.26. The molecule has 2 aromatic carbocycles. The molecular weight excluding hydrogens is 361 g/mol. The maximum absolute atomic E-state index is 12.5. The Labute approximate surface area is 155 Å². The van der Waals surface area contributed by atoms with Crippen molar-refractivity contribution in [2.45, 2.75) is 19.3 Å². The van der Waals surface area contributed by atoms with Gasteiger partial charge in [-0.25, -0.2) is 0 Å². The van der Waals surface area contributed by atoms with Crippen molar-refractivity contribution in [2.24, 2.45) is 0 Å². The quantitative estimate of drug-likeness (QED) is 0.692. The summed E-state index contributed by atoms with van der Waals surface area (Å²) in [6.07, 6.45) is 0.133. The van der Waals surface area contributed by atoms with Crippen molar-refractivity contribution in [1.29, 1.82) is 0 Å². The van der Waals surface area contributed by atoms with E-state index < -0.39 is 0 Å². The largest absolute Gasteiger partial charge is 0.425 e. The molecular formula is C18H15Cl2N3O2. The third-order valence-electron chi connectivity index (χ3n) is 3.66. The molecule has 0 saturated carbocycles. The Morgan fingerprint density at radius 1 is 1.12 bits per heavy atom. The number of hydrogen-bond donors (Lipinski definition) is 1. The number of aryl methyl sites for hydroxylation is 1. The molecule has 5 nitrogen and oxygen atoms in total. The molecule has 0 spiro atoms. The van der Waals surface area contributed by atoms with Crippen LogP contribution in [0.15, 0.2) is 52.9 Å². The Morgan fingerprint density at radius 2 is 1.88 bits per heavy atom. The molecule has 0 radical (unpaired) electrons. The summed E-state index contributed by atoms with van der Waals surface area (Å²) in [6.45, 7) is 1.71. The monoisotopic (exact) mass is 375 g/mol. The van der Waals surface area contributed by atoms with Gasteiger partial charge in [-0.3, -0.25) is 4.79 Å². The molecule has 0 aliphatic carbocycles. The van der Waals surface area contributed by atoms with Crippen molar-refractivity contribution < 1.29 is 9.21 Å². The Balaban J connectivity index is 1.83. The maximum Gasteiger partial charge on any atom is 0.225 e. The van der Waals surface area contributed by atoms with Crippen molar-refractivity contribution in [3.05, 3.63) is 75.9 Å². The van der Waals surface area contributed by atoms with Crippen molar-refractivity contribution in [3.63, 3.8) is 0 Å². The lowest BCUT2D eigenvalue weighted by molar-refractivity contribution is -0.116. The Bertz CT molecular complexity index is 881. The van der Waals surface area contributed by atoms with Gasteiger partial charge in [0.05, 0.1) is 21.7 Å². The van der Waals surface area contributed by atoms with Gasteiger partial charge in [0.1, 0.15) is 0 Å². The Hall–Kier alpha value is -2.37. The first-order valence-corrected chi connectivity index (χ1v) is 8.39. The van der Waals surface area contributed by atoms with E-state index >= 15 is 0 Å². The molecule has 7 heteroatoms. The second-order valence-electron chi connectivity index (χ2n) is 5.48. The summed E-state index contributed by atoms with van der Waals surface area (Å²) < 4.78 is 5.54. The molecule has 1 N–H and O–H groups in total. The number of carbonyl (C=O) groups is 1. The zero-order chi connectivity index (χ0) is 17.8. The molecule has 128 valence electrons. The van der Waals surface area contributed by atoms with Crippen LogP contribution < -0.4 is 5.32 Å². The summed E-state index contributed by atoms with van der Waals surface area (Å²) in [5, 5.41) is 11.4. The van der Waals surface area contributed by atoms with E-state index in [2.05, 4.69) is 15.5 Å². The number of rotatable bonds is 5. The fraction of sp³-hybridized carbons (Fsp3) is 0.167. The lowest BCUT2D eigenvalue weighted by Gasteiger charge is -2.14. The molecule has 1 aromatic heterocycles. The number of carbonyl (C=O) groups excluding carboxylic acids is 1. The van der Waals surface area contributed by atoms with Gasteiger partial charge in [-0.05, 0) is 17.7 Å². The predicted molar refractivity (Wildman–Crippen MR) is 97.0 cm³/mol. The van der Waals surface area contributed by atoms with Crippen LogP contribution in [-0.2, 0) is 4.79 Å². The maximum atomic E-state index is 12.5. The molecule has 3 aromatic rings. The van der Waals surface area contributed by atoms with Gasteiger partial charge in [-0.1, -0.05) is 59.6 Å². The molecule has 3 rings (SSSR count). The highest BCUT2D eigenvalue weighted by atomic mass is 35.5.